The van der Waals surface area contributed by atoms with E-state index in [2.05, 4.69) is 36.1 Å². The summed E-state index contributed by atoms with van der Waals surface area (Å²) in [5.41, 5.74) is 4.47. The van der Waals surface area contributed by atoms with Crippen molar-refractivity contribution in [2.75, 3.05) is 30.3 Å². The number of alkyl carbamates (subject to hydrolysis) is 1. The number of aliphatic imine (C=N–C) groups is 1. The van der Waals surface area contributed by atoms with Crippen LogP contribution < -0.4 is 21.0 Å². The number of benzene rings is 1. The van der Waals surface area contributed by atoms with E-state index in [4.69, 9.17) is 4.74 Å². The average molecular weight is 586 g/mol. The fourth-order valence-corrected chi connectivity index (χ4v) is 5.05. The summed E-state index contributed by atoms with van der Waals surface area (Å²) in [6, 6.07) is 5.04. The van der Waals surface area contributed by atoms with Gasteiger partial charge in [-0.1, -0.05) is 17.8 Å². The number of ether oxygens (including phenoxy) is 1. The molecule has 220 valence electrons. The number of nitro benzene ring substituents is 1. The number of aromatic amines is 1. The molecule has 0 spiro atoms. The quantitative estimate of drug-likeness (QED) is 0.118. The van der Waals surface area contributed by atoms with Crippen LogP contribution in [0.4, 0.5) is 21.0 Å². The third-order valence-corrected chi connectivity index (χ3v) is 7.12. The Morgan fingerprint density at radius 1 is 1.32 bits per heavy atom. The first kappa shape index (κ1) is 29.8. The Morgan fingerprint density at radius 3 is 2.73 bits per heavy atom. The number of hydrogen-bond acceptors (Lipinski definition) is 10. The van der Waals surface area contributed by atoms with E-state index in [1.807, 2.05) is 4.90 Å². The molecule has 0 saturated carbocycles. The van der Waals surface area contributed by atoms with Gasteiger partial charge in [0.05, 0.1) is 17.0 Å². The summed E-state index contributed by atoms with van der Waals surface area (Å²) in [5, 5.41) is 21.8. The minimum Gasteiger partial charge on any atom is -0.444 e. The standard InChI is InChI=1S/C26H35N9O5S/c1-26(2,3)40-24(36)31-23(28-10-4-5-19-14-27-16-29-19)30-18-8-11-34(12-9-18)21-7-6-17(13-22(21)35(38)39)20-15-41-25(37)33-32-20/h6-7,13-14,16,18H,4-5,8-12,15H2,1-3H3,(H,27,29)(H,33,37)(H2,28,30,31,36). The number of aryl methyl sites for hydroxylation is 1. The zero-order valence-electron chi connectivity index (χ0n) is 23.3. The number of H-pyrrole nitrogens is 1. The van der Waals surface area contributed by atoms with Crippen LogP contribution >= 0.6 is 11.8 Å². The van der Waals surface area contributed by atoms with E-state index in [0.717, 1.165) is 30.3 Å². The van der Waals surface area contributed by atoms with E-state index in [9.17, 15) is 19.7 Å². The molecule has 2 aliphatic rings. The summed E-state index contributed by atoms with van der Waals surface area (Å²) in [5.74, 6) is 0.694. The largest absolute Gasteiger partial charge is 0.444 e. The van der Waals surface area contributed by atoms with E-state index in [-0.39, 0.29) is 17.0 Å². The molecule has 3 heterocycles. The lowest BCUT2D eigenvalue weighted by atomic mass is 10.0. The summed E-state index contributed by atoms with van der Waals surface area (Å²) in [6.45, 7) is 7.02. The van der Waals surface area contributed by atoms with Crippen LogP contribution in [0.3, 0.4) is 0 Å². The molecular weight excluding hydrogens is 550 g/mol. The van der Waals surface area contributed by atoms with Gasteiger partial charge >= 0.3 is 6.09 Å². The summed E-state index contributed by atoms with van der Waals surface area (Å²) in [7, 11) is 0. The number of hydrogen-bond donors (Lipinski definition) is 4. The number of piperidine rings is 1. The monoisotopic (exact) mass is 585 g/mol. The number of carbonyl (C=O) groups excluding carboxylic acids is 2. The molecule has 1 saturated heterocycles. The number of amides is 2. The Balaban J connectivity index is 1.38. The van der Waals surface area contributed by atoms with Gasteiger partial charge in [0.2, 0.25) is 5.96 Å². The number of rotatable bonds is 8. The number of guanidine groups is 1. The van der Waals surface area contributed by atoms with Crippen LogP contribution in [-0.4, -0.2) is 74.9 Å². The Kier molecular flexibility index (Phi) is 9.81. The van der Waals surface area contributed by atoms with Gasteiger partial charge in [-0.2, -0.15) is 5.10 Å². The number of hydrazone groups is 1. The van der Waals surface area contributed by atoms with Gasteiger partial charge in [0.25, 0.3) is 10.9 Å². The first-order chi connectivity index (χ1) is 19.6. The fourth-order valence-electron chi connectivity index (χ4n) is 4.44. The van der Waals surface area contributed by atoms with Gasteiger partial charge in [0, 0.05) is 54.9 Å². The molecule has 2 amide bonds. The molecule has 0 radical (unpaired) electrons. The number of imidazole rings is 1. The molecular formula is C26H35N9O5S. The molecule has 4 N–H and O–H groups in total. The molecule has 0 bridgehead atoms. The predicted molar refractivity (Wildman–Crippen MR) is 158 cm³/mol. The van der Waals surface area contributed by atoms with Crippen molar-refractivity contribution < 1.29 is 19.2 Å². The lowest BCUT2D eigenvalue weighted by Crippen LogP contribution is -2.51. The second-order valence-corrected chi connectivity index (χ2v) is 11.6. The van der Waals surface area contributed by atoms with Crippen molar-refractivity contribution >= 4 is 46.1 Å². The number of nitrogens with one attached hydrogen (secondary N) is 4. The third-order valence-electron chi connectivity index (χ3n) is 6.35. The SMILES string of the molecule is CC(C)(C)OC(=O)NC(=NCCCc1cnc[nH]1)NC1CCN(c2ccc(C3=NNC(=O)SC3)cc2[N+](=O)[O-])CC1. The molecule has 1 aromatic heterocycles. The zero-order chi connectivity index (χ0) is 29.4. The van der Waals surface area contributed by atoms with Gasteiger partial charge < -0.3 is 19.9 Å². The Morgan fingerprint density at radius 2 is 2.10 bits per heavy atom. The van der Waals surface area contributed by atoms with Gasteiger partial charge in [-0.05, 0) is 52.5 Å². The molecule has 0 unspecified atom stereocenters. The number of nitro groups is 1. The lowest BCUT2D eigenvalue weighted by Gasteiger charge is -2.34. The topological polar surface area (TPSA) is 179 Å². The molecule has 0 atom stereocenters. The van der Waals surface area contributed by atoms with E-state index in [1.54, 1.807) is 45.4 Å². The van der Waals surface area contributed by atoms with Crippen LogP contribution in [0.1, 0.15) is 51.3 Å². The highest BCUT2D eigenvalue weighted by molar-refractivity contribution is 8.14. The van der Waals surface area contributed by atoms with E-state index in [0.29, 0.717) is 61.2 Å². The van der Waals surface area contributed by atoms with Crippen molar-refractivity contribution in [3.8, 4) is 0 Å². The van der Waals surface area contributed by atoms with Crippen molar-refractivity contribution in [3.05, 3.63) is 52.1 Å². The molecule has 1 aromatic carbocycles. The molecule has 2 aliphatic heterocycles. The molecule has 15 heteroatoms. The number of nitrogens with zero attached hydrogens (tertiary/aromatic N) is 5. The van der Waals surface area contributed by atoms with Crippen molar-refractivity contribution in [2.24, 2.45) is 10.1 Å². The Bertz CT molecular complexity index is 1300. The normalized spacial score (nSPS) is 16.6. The smallest absolute Gasteiger partial charge is 0.414 e. The van der Waals surface area contributed by atoms with Crippen molar-refractivity contribution in [2.45, 2.75) is 58.1 Å². The van der Waals surface area contributed by atoms with Crippen LogP contribution in [0.25, 0.3) is 0 Å². The van der Waals surface area contributed by atoms with Crippen molar-refractivity contribution in [3.63, 3.8) is 0 Å². The fraction of sp³-hybridized carbons (Fsp3) is 0.500. The maximum Gasteiger partial charge on any atom is 0.414 e. The molecule has 1 fully saturated rings. The maximum atomic E-state index is 12.5. The highest BCUT2D eigenvalue weighted by Gasteiger charge is 2.27. The highest BCUT2D eigenvalue weighted by atomic mass is 32.2. The maximum absolute atomic E-state index is 12.5. The predicted octanol–water partition coefficient (Wildman–Crippen LogP) is 3.55. The summed E-state index contributed by atoms with van der Waals surface area (Å²) >= 11 is 1.07. The third kappa shape index (κ3) is 8.93. The molecule has 14 nitrogen and oxygen atoms in total. The average Bonchev–Trinajstić information content (AvgIpc) is 3.44. The Labute approximate surface area is 241 Å². The van der Waals surface area contributed by atoms with E-state index < -0.39 is 16.6 Å². The first-order valence-electron chi connectivity index (χ1n) is 13.4. The van der Waals surface area contributed by atoms with Crippen LogP contribution in [0, 0.1) is 10.1 Å². The molecule has 41 heavy (non-hydrogen) atoms. The first-order valence-corrected chi connectivity index (χ1v) is 14.4. The van der Waals surface area contributed by atoms with Crippen LogP contribution in [0.15, 0.2) is 40.8 Å². The van der Waals surface area contributed by atoms with E-state index >= 15 is 0 Å². The number of anilines is 1. The molecule has 0 aliphatic carbocycles. The molecule has 2 aromatic rings. The van der Waals surface area contributed by atoms with Gasteiger partial charge in [0.15, 0.2) is 0 Å². The minimum atomic E-state index is -0.651. The van der Waals surface area contributed by atoms with Crippen LogP contribution in [0.2, 0.25) is 0 Å². The van der Waals surface area contributed by atoms with Gasteiger partial charge in [-0.3, -0.25) is 25.2 Å². The van der Waals surface area contributed by atoms with E-state index in [1.165, 1.54) is 6.07 Å². The number of aromatic nitrogens is 2. The van der Waals surface area contributed by atoms with Gasteiger partial charge in [0.1, 0.15) is 11.3 Å². The van der Waals surface area contributed by atoms with Crippen LogP contribution in [0.5, 0.6) is 0 Å². The summed E-state index contributed by atoms with van der Waals surface area (Å²) in [4.78, 5) is 49.0. The second kappa shape index (κ2) is 13.5. The second-order valence-electron chi connectivity index (χ2n) is 10.7. The number of carbonyl (C=O) groups is 2. The zero-order valence-corrected chi connectivity index (χ0v) is 24.1. The minimum absolute atomic E-state index is 0.00287. The van der Waals surface area contributed by atoms with Crippen molar-refractivity contribution in [1.82, 2.24) is 26.0 Å². The highest BCUT2D eigenvalue weighted by Crippen LogP contribution is 2.32. The van der Waals surface area contributed by atoms with Gasteiger partial charge in [-0.25, -0.2) is 15.2 Å². The van der Waals surface area contributed by atoms with Crippen molar-refractivity contribution in [1.29, 1.82) is 0 Å². The van der Waals surface area contributed by atoms with Crippen LogP contribution in [-0.2, 0) is 11.2 Å². The Hall–Kier alpha value is -4.14. The molecule has 4 rings (SSSR count). The lowest BCUT2D eigenvalue weighted by molar-refractivity contribution is -0.384. The summed E-state index contributed by atoms with van der Waals surface area (Å²) < 4.78 is 5.41. The van der Waals surface area contributed by atoms with Gasteiger partial charge in [-0.15, -0.1) is 0 Å². The number of thioether (sulfide) groups is 1. The summed E-state index contributed by atoms with van der Waals surface area (Å²) in [6.07, 6.45) is 5.71.